The molecule has 1 aromatic carbocycles. The fourth-order valence-corrected chi connectivity index (χ4v) is 1.84. The highest BCUT2D eigenvalue weighted by molar-refractivity contribution is 5.90. The van der Waals surface area contributed by atoms with Gasteiger partial charge in [-0.1, -0.05) is 17.2 Å². The Morgan fingerprint density at radius 3 is 2.59 bits per heavy atom. The number of carbonyl (C=O) groups is 1. The van der Waals surface area contributed by atoms with Crippen LogP contribution in [0.4, 0.5) is 0 Å². The van der Waals surface area contributed by atoms with E-state index in [2.05, 4.69) is 19.9 Å². The number of hydrogen-bond acceptors (Lipinski definition) is 4. The Bertz CT molecular complexity index is 566. The Balaban J connectivity index is 2.50. The number of ether oxygens (including phenoxy) is 2. The van der Waals surface area contributed by atoms with E-state index in [-0.39, 0.29) is 18.1 Å². The zero-order chi connectivity index (χ0) is 16.5. The lowest BCUT2D eigenvalue weighted by Gasteiger charge is -2.06. The predicted molar refractivity (Wildman–Crippen MR) is 87.4 cm³/mol. The number of phenols is 1. The number of aromatic hydroxyl groups is 1. The molecule has 1 N–H and O–H groups in total. The van der Waals surface area contributed by atoms with Crippen LogP contribution in [0.5, 0.6) is 11.5 Å². The van der Waals surface area contributed by atoms with Crippen LogP contribution in [0.3, 0.4) is 0 Å². The highest BCUT2D eigenvalue weighted by Crippen LogP contribution is 2.26. The molecule has 4 nitrogen and oxygen atoms in total. The zero-order valence-corrected chi connectivity index (χ0v) is 13.7. The summed E-state index contributed by atoms with van der Waals surface area (Å²) in [6, 6.07) is 4.38. The molecule has 1 aromatic rings. The summed E-state index contributed by atoms with van der Waals surface area (Å²) in [5, 5.41) is 9.50. The second kappa shape index (κ2) is 8.93. The van der Waals surface area contributed by atoms with Crippen molar-refractivity contribution in [2.24, 2.45) is 0 Å². The predicted octanol–water partition coefficient (Wildman–Crippen LogP) is 4.25. The Morgan fingerprint density at radius 2 is 1.95 bits per heavy atom. The van der Waals surface area contributed by atoms with Crippen LogP contribution in [0.1, 0.15) is 44.0 Å². The van der Waals surface area contributed by atoms with E-state index in [1.165, 1.54) is 36.5 Å². The molecule has 0 aliphatic heterocycles. The van der Waals surface area contributed by atoms with Gasteiger partial charge in [0.2, 0.25) is 0 Å². The van der Waals surface area contributed by atoms with Crippen LogP contribution in [0.15, 0.2) is 41.5 Å². The maximum absolute atomic E-state index is 11.9. The van der Waals surface area contributed by atoms with Gasteiger partial charge in [-0.2, -0.15) is 0 Å². The zero-order valence-electron chi connectivity index (χ0n) is 13.7. The molecular weight excluding hydrogens is 280 g/mol. The largest absolute Gasteiger partial charge is 0.504 e. The van der Waals surface area contributed by atoms with Crippen molar-refractivity contribution in [3.8, 4) is 11.5 Å². The van der Waals surface area contributed by atoms with E-state index in [1.54, 1.807) is 0 Å². The van der Waals surface area contributed by atoms with E-state index in [4.69, 9.17) is 9.47 Å². The second-order valence-electron chi connectivity index (χ2n) is 5.36. The molecule has 0 spiro atoms. The lowest BCUT2D eigenvalue weighted by Crippen LogP contribution is -2.05. The summed E-state index contributed by atoms with van der Waals surface area (Å²) < 4.78 is 10.2. The van der Waals surface area contributed by atoms with Crippen LogP contribution in [-0.4, -0.2) is 24.8 Å². The van der Waals surface area contributed by atoms with Gasteiger partial charge >= 0.3 is 5.97 Å². The molecule has 0 aliphatic rings. The summed E-state index contributed by atoms with van der Waals surface area (Å²) in [4.78, 5) is 11.9. The Hall–Kier alpha value is -2.23. The molecule has 0 atom stereocenters. The van der Waals surface area contributed by atoms with Crippen molar-refractivity contribution in [2.75, 3.05) is 13.7 Å². The van der Waals surface area contributed by atoms with Gasteiger partial charge in [-0.15, -0.1) is 0 Å². The van der Waals surface area contributed by atoms with Crippen LogP contribution >= 0.6 is 0 Å². The van der Waals surface area contributed by atoms with E-state index in [0.717, 1.165) is 12.8 Å². The topological polar surface area (TPSA) is 55.8 Å². The summed E-state index contributed by atoms with van der Waals surface area (Å²) >= 11 is 0. The summed E-state index contributed by atoms with van der Waals surface area (Å²) in [5.41, 5.74) is 2.85. The lowest BCUT2D eigenvalue weighted by atomic mass is 10.1. The van der Waals surface area contributed by atoms with E-state index < -0.39 is 5.97 Å². The standard InChI is InChI=1S/C18H24O4/c1-13(2)6-5-7-14(3)10-11-22-18(20)15-8-9-16(19)17(12-15)21-4/h6,8-10,12,19H,5,7,11H2,1-4H3/b14-10+. The van der Waals surface area contributed by atoms with Crippen LogP contribution in [0.2, 0.25) is 0 Å². The average Bonchev–Trinajstić information content (AvgIpc) is 2.47. The summed E-state index contributed by atoms with van der Waals surface area (Å²) in [7, 11) is 1.43. The van der Waals surface area contributed by atoms with E-state index in [1.807, 2.05) is 13.0 Å². The van der Waals surface area contributed by atoms with Gasteiger partial charge in [0.15, 0.2) is 11.5 Å². The first-order chi connectivity index (χ1) is 10.4. The molecule has 4 heteroatoms. The van der Waals surface area contributed by atoms with Crippen LogP contribution in [0, 0.1) is 0 Å². The minimum atomic E-state index is -0.438. The van der Waals surface area contributed by atoms with Crippen molar-refractivity contribution < 1.29 is 19.4 Å². The SMILES string of the molecule is COc1cc(C(=O)OC/C=C(\C)CCC=C(C)C)ccc1O. The molecule has 22 heavy (non-hydrogen) atoms. The number of carbonyl (C=O) groups excluding carboxylic acids is 1. The number of rotatable bonds is 7. The molecular formula is C18H24O4. The van der Waals surface area contributed by atoms with Gasteiger partial charge in [-0.3, -0.25) is 0 Å². The summed E-state index contributed by atoms with van der Waals surface area (Å²) in [6.07, 6.45) is 6.05. The molecule has 0 amide bonds. The molecule has 0 saturated heterocycles. The van der Waals surface area contributed by atoms with Crippen molar-refractivity contribution in [3.05, 3.63) is 47.1 Å². The van der Waals surface area contributed by atoms with E-state index in [0.29, 0.717) is 5.56 Å². The summed E-state index contributed by atoms with van der Waals surface area (Å²) in [6.45, 7) is 6.42. The molecule has 0 unspecified atom stereocenters. The van der Waals surface area contributed by atoms with Gasteiger partial charge in [0, 0.05) is 0 Å². The molecule has 0 fully saturated rings. The molecule has 120 valence electrons. The van der Waals surface area contributed by atoms with Crippen molar-refractivity contribution in [2.45, 2.75) is 33.6 Å². The molecule has 0 aromatic heterocycles. The normalized spacial score (nSPS) is 11.0. The third-order valence-electron chi connectivity index (χ3n) is 3.15. The average molecular weight is 304 g/mol. The fourth-order valence-electron chi connectivity index (χ4n) is 1.84. The van der Waals surface area contributed by atoms with Crippen molar-refractivity contribution in [1.82, 2.24) is 0 Å². The molecule has 0 heterocycles. The number of hydrogen-bond donors (Lipinski definition) is 1. The van der Waals surface area contributed by atoms with E-state index in [9.17, 15) is 9.90 Å². The Morgan fingerprint density at radius 1 is 1.23 bits per heavy atom. The smallest absolute Gasteiger partial charge is 0.338 e. The number of esters is 1. The highest BCUT2D eigenvalue weighted by Gasteiger charge is 2.10. The number of methoxy groups -OCH3 is 1. The van der Waals surface area contributed by atoms with Gasteiger partial charge in [0.1, 0.15) is 6.61 Å². The Labute approximate surface area is 132 Å². The molecule has 0 radical (unpaired) electrons. The van der Waals surface area contributed by atoms with Crippen molar-refractivity contribution in [3.63, 3.8) is 0 Å². The van der Waals surface area contributed by atoms with Crippen molar-refractivity contribution >= 4 is 5.97 Å². The number of benzene rings is 1. The van der Waals surface area contributed by atoms with Gasteiger partial charge in [0.05, 0.1) is 12.7 Å². The summed E-state index contributed by atoms with van der Waals surface area (Å²) in [5.74, 6) is -0.191. The van der Waals surface area contributed by atoms with Crippen LogP contribution < -0.4 is 4.74 Å². The first kappa shape index (κ1) is 17.8. The maximum Gasteiger partial charge on any atom is 0.338 e. The van der Waals surface area contributed by atoms with Crippen molar-refractivity contribution in [1.29, 1.82) is 0 Å². The third-order valence-corrected chi connectivity index (χ3v) is 3.15. The highest BCUT2D eigenvalue weighted by atomic mass is 16.5. The fraction of sp³-hybridized carbons (Fsp3) is 0.389. The van der Waals surface area contributed by atoms with E-state index >= 15 is 0 Å². The lowest BCUT2D eigenvalue weighted by molar-refractivity contribution is 0.0548. The Kier molecular flexibility index (Phi) is 7.23. The molecule has 0 bridgehead atoms. The van der Waals surface area contributed by atoms with Crippen LogP contribution in [0.25, 0.3) is 0 Å². The van der Waals surface area contributed by atoms with Gasteiger partial charge < -0.3 is 14.6 Å². The number of phenolic OH excluding ortho intramolecular Hbond substituents is 1. The molecule has 1 rings (SSSR count). The molecule has 0 aliphatic carbocycles. The minimum Gasteiger partial charge on any atom is -0.504 e. The second-order valence-corrected chi connectivity index (χ2v) is 5.36. The third kappa shape index (κ3) is 6.04. The minimum absolute atomic E-state index is 0.00550. The first-order valence-electron chi connectivity index (χ1n) is 7.27. The van der Waals surface area contributed by atoms with Crippen LogP contribution in [-0.2, 0) is 4.74 Å². The van der Waals surface area contributed by atoms with Gasteiger partial charge in [0.25, 0.3) is 0 Å². The van der Waals surface area contributed by atoms with Gasteiger partial charge in [-0.05, 0) is 57.9 Å². The van der Waals surface area contributed by atoms with Gasteiger partial charge in [-0.25, -0.2) is 4.79 Å². The number of allylic oxidation sites excluding steroid dienone is 3. The first-order valence-corrected chi connectivity index (χ1v) is 7.27. The quantitative estimate of drug-likeness (QED) is 0.604. The molecule has 0 saturated carbocycles. The maximum atomic E-state index is 11.9. The monoisotopic (exact) mass is 304 g/mol.